The molecule has 0 unspecified atom stereocenters. The summed E-state index contributed by atoms with van der Waals surface area (Å²) in [5.74, 6) is -1.59. The highest BCUT2D eigenvalue weighted by Crippen LogP contribution is 2.40. The molecule has 0 aliphatic rings. The summed E-state index contributed by atoms with van der Waals surface area (Å²) in [5.41, 5.74) is 3.44. The van der Waals surface area contributed by atoms with E-state index in [0.717, 1.165) is 16.7 Å². The van der Waals surface area contributed by atoms with Gasteiger partial charge in [0.05, 0.1) is 28.5 Å². The van der Waals surface area contributed by atoms with Gasteiger partial charge in [-0.3, -0.25) is 4.79 Å². The van der Waals surface area contributed by atoms with Gasteiger partial charge in [-0.15, -0.1) is 0 Å². The normalized spacial score (nSPS) is 12.0. The highest BCUT2D eigenvalue weighted by molar-refractivity contribution is 6.42. The van der Waals surface area contributed by atoms with E-state index in [9.17, 15) is 14.7 Å². The van der Waals surface area contributed by atoms with Gasteiger partial charge in [-0.05, 0) is 34.4 Å². The molecule has 0 saturated carbocycles. The average Bonchev–Trinajstić information content (AvgIpc) is 3.45. The molecular formula is C33H27Cl2N3O3. The van der Waals surface area contributed by atoms with Gasteiger partial charge in [0, 0.05) is 12.6 Å². The lowest BCUT2D eigenvalue weighted by Gasteiger charge is -2.37. The van der Waals surface area contributed by atoms with Gasteiger partial charge in [-0.2, -0.15) is 0 Å². The predicted octanol–water partition coefficient (Wildman–Crippen LogP) is 6.38. The summed E-state index contributed by atoms with van der Waals surface area (Å²) in [6.07, 6.45) is 3.55. The second kappa shape index (κ2) is 12.4. The Morgan fingerprint density at radius 1 is 0.805 bits per heavy atom. The van der Waals surface area contributed by atoms with Crippen LogP contribution in [0.4, 0.5) is 0 Å². The molecule has 0 spiro atoms. The van der Waals surface area contributed by atoms with Crippen molar-refractivity contribution < 1.29 is 14.7 Å². The number of nitrogens with zero attached hydrogens (tertiary/aromatic N) is 2. The van der Waals surface area contributed by atoms with E-state index >= 15 is 0 Å². The minimum absolute atomic E-state index is 0.00387. The van der Waals surface area contributed by atoms with E-state index in [-0.39, 0.29) is 12.8 Å². The summed E-state index contributed by atoms with van der Waals surface area (Å²) >= 11 is 12.0. The van der Waals surface area contributed by atoms with Crippen LogP contribution in [0, 0.1) is 0 Å². The van der Waals surface area contributed by atoms with Crippen LogP contribution in [0.2, 0.25) is 10.0 Å². The minimum Gasteiger partial charge on any atom is -0.480 e. The van der Waals surface area contributed by atoms with Crippen LogP contribution in [0.3, 0.4) is 0 Å². The van der Waals surface area contributed by atoms with E-state index in [2.05, 4.69) is 46.7 Å². The fraction of sp³-hybridized carbons (Fsp3) is 0.121. The van der Waals surface area contributed by atoms with Gasteiger partial charge < -0.3 is 15.0 Å². The standard InChI is InChI=1S/C33H27Cl2N3O3/c34-28-17-16-23(18-29(28)35)19-31(39)37-30(32(40)41)20-27-21-38(22-36-27)33(24-10-4-1-5-11-24,25-12-6-2-7-13-25)26-14-8-3-9-15-26/h1-18,21-22,30H,19-20H2,(H,37,39)(H,40,41)/t30-/m1/s1. The monoisotopic (exact) mass is 583 g/mol. The summed E-state index contributed by atoms with van der Waals surface area (Å²) in [6, 6.07) is 34.0. The zero-order chi connectivity index (χ0) is 28.8. The van der Waals surface area contributed by atoms with Crippen molar-refractivity contribution in [2.24, 2.45) is 0 Å². The molecule has 5 rings (SSSR count). The Bertz CT molecular complexity index is 1540. The summed E-state index contributed by atoms with van der Waals surface area (Å²) in [6.45, 7) is 0. The van der Waals surface area contributed by atoms with Crippen molar-refractivity contribution in [1.29, 1.82) is 0 Å². The predicted molar refractivity (Wildman–Crippen MR) is 160 cm³/mol. The number of rotatable bonds is 10. The molecule has 0 radical (unpaired) electrons. The van der Waals surface area contributed by atoms with Crippen molar-refractivity contribution >= 4 is 35.1 Å². The first kappa shape index (κ1) is 28.1. The molecule has 8 heteroatoms. The van der Waals surface area contributed by atoms with Gasteiger partial charge in [-0.25, -0.2) is 9.78 Å². The van der Waals surface area contributed by atoms with Crippen molar-refractivity contribution in [2.45, 2.75) is 24.4 Å². The maximum atomic E-state index is 12.8. The van der Waals surface area contributed by atoms with Gasteiger partial charge >= 0.3 is 5.97 Å². The van der Waals surface area contributed by atoms with Crippen molar-refractivity contribution in [2.75, 3.05) is 0 Å². The van der Waals surface area contributed by atoms with Crippen LogP contribution in [-0.2, 0) is 28.0 Å². The number of carbonyl (C=O) groups excluding carboxylic acids is 1. The molecule has 1 amide bonds. The summed E-state index contributed by atoms with van der Waals surface area (Å²) in [7, 11) is 0. The lowest BCUT2D eigenvalue weighted by molar-refractivity contribution is -0.141. The molecular weight excluding hydrogens is 557 g/mol. The van der Waals surface area contributed by atoms with Gasteiger partial charge in [0.1, 0.15) is 11.6 Å². The lowest BCUT2D eigenvalue weighted by atomic mass is 9.77. The molecule has 4 aromatic carbocycles. The van der Waals surface area contributed by atoms with Crippen LogP contribution in [-0.4, -0.2) is 32.6 Å². The quantitative estimate of drug-likeness (QED) is 0.187. The zero-order valence-corrected chi connectivity index (χ0v) is 23.5. The van der Waals surface area contributed by atoms with Crippen molar-refractivity contribution in [3.63, 3.8) is 0 Å². The Morgan fingerprint density at radius 3 is 1.83 bits per heavy atom. The number of carboxylic acid groups (broad SMARTS) is 1. The second-order valence-corrected chi connectivity index (χ2v) is 10.5. The number of hydrogen-bond donors (Lipinski definition) is 2. The van der Waals surface area contributed by atoms with Crippen LogP contribution >= 0.6 is 23.2 Å². The number of imidazole rings is 1. The Morgan fingerprint density at radius 2 is 1.34 bits per heavy atom. The fourth-order valence-corrected chi connectivity index (χ4v) is 5.45. The molecule has 2 N–H and O–H groups in total. The number of aliphatic carboxylic acids is 1. The average molecular weight is 585 g/mol. The Labute approximate surface area is 248 Å². The van der Waals surface area contributed by atoms with Crippen LogP contribution in [0.1, 0.15) is 27.9 Å². The fourth-order valence-electron chi connectivity index (χ4n) is 5.13. The number of carbonyl (C=O) groups is 2. The SMILES string of the molecule is O=C(Cc1ccc(Cl)c(Cl)c1)N[C@H](Cc1cn(C(c2ccccc2)(c2ccccc2)c2ccccc2)cn1)C(=O)O. The van der Waals surface area contributed by atoms with Gasteiger partial charge in [0.2, 0.25) is 5.91 Å². The van der Waals surface area contributed by atoms with E-state index in [1.54, 1.807) is 24.5 Å². The van der Waals surface area contributed by atoms with Gasteiger partial charge in [0.25, 0.3) is 0 Å². The molecule has 0 fully saturated rings. The summed E-state index contributed by atoms with van der Waals surface area (Å²) in [5, 5.41) is 13.3. The van der Waals surface area contributed by atoms with Crippen LogP contribution in [0.5, 0.6) is 0 Å². The summed E-state index contributed by atoms with van der Waals surface area (Å²) in [4.78, 5) is 29.5. The molecule has 6 nitrogen and oxygen atoms in total. The van der Waals surface area contributed by atoms with Crippen molar-refractivity contribution in [3.05, 3.63) is 160 Å². The van der Waals surface area contributed by atoms with Crippen LogP contribution < -0.4 is 5.32 Å². The number of benzene rings is 4. The van der Waals surface area contributed by atoms with Gasteiger partial charge in [-0.1, -0.05) is 120 Å². The number of halogens is 2. The molecule has 206 valence electrons. The van der Waals surface area contributed by atoms with Crippen LogP contribution in [0.15, 0.2) is 122 Å². The molecule has 1 atom stereocenters. The number of hydrogen-bond acceptors (Lipinski definition) is 3. The number of carboxylic acids is 1. The first-order valence-corrected chi connectivity index (χ1v) is 13.8. The molecule has 41 heavy (non-hydrogen) atoms. The van der Waals surface area contributed by atoms with E-state index in [1.807, 2.05) is 65.4 Å². The van der Waals surface area contributed by atoms with E-state index in [0.29, 0.717) is 21.3 Å². The van der Waals surface area contributed by atoms with Crippen molar-refractivity contribution in [1.82, 2.24) is 14.9 Å². The summed E-state index contributed by atoms with van der Waals surface area (Å²) < 4.78 is 2.01. The number of nitrogens with one attached hydrogen (secondary N) is 1. The molecule has 0 bridgehead atoms. The third-order valence-electron chi connectivity index (χ3n) is 6.99. The highest BCUT2D eigenvalue weighted by atomic mass is 35.5. The first-order chi connectivity index (χ1) is 19.9. The third-order valence-corrected chi connectivity index (χ3v) is 7.73. The second-order valence-electron chi connectivity index (χ2n) is 9.67. The smallest absolute Gasteiger partial charge is 0.326 e. The molecule has 0 saturated heterocycles. The van der Waals surface area contributed by atoms with Gasteiger partial charge in [0.15, 0.2) is 0 Å². The number of amides is 1. The molecule has 1 heterocycles. The molecule has 5 aromatic rings. The highest BCUT2D eigenvalue weighted by Gasteiger charge is 2.38. The van der Waals surface area contributed by atoms with E-state index < -0.39 is 23.5 Å². The van der Waals surface area contributed by atoms with Crippen LogP contribution in [0.25, 0.3) is 0 Å². The first-order valence-electron chi connectivity index (χ1n) is 13.0. The maximum Gasteiger partial charge on any atom is 0.326 e. The van der Waals surface area contributed by atoms with E-state index in [1.165, 1.54) is 0 Å². The number of aromatic nitrogens is 2. The minimum atomic E-state index is -1.17. The maximum absolute atomic E-state index is 12.8. The Balaban J connectivity index is 1.49. The third kappa shape index (κ3) is 6.04. The molecule has 0 aliphatic heterocycles. The van der Waals surface area contributed by atoms with Crippen molar-refractivity contribution in [3.8, 4) is 0 Å². The largest absolute Gasteiger partial charge is 0.480 e. The lowest BCUT2D eigenvalue weighted by Crippen LogP contribution is -2.43. The Hall–Kier alpha value is -4.39. The topological polar surface area (TPSA) is 84.2 Å². The zero-order valence-electron chi connectivity index (χ0n) is 22.0. The van der Waals surface area contributed by atoms with E-state index in [4.69, 9.17) is 23.2 Å². The Kier molecular flexibility index (Phi) is 8.53. The molecule has 0 aliphatic carbocycles. The molecule has 1 aromatic heterocycles.